The second kappa shape index (κ2) is 4.37. The fourth-order valence-electron chi connectivity index (χ4n) is 2.46. The van der Waals surface area contributed by atoms with Gasteiger partial charge < -0.3 is 4.74 Å². The Kier molecular flexibility index (Phi) is 3.10. The van der Waals surface area contributed by atoms with Crippen LogP contribution in [0.4, 0.5) is 0 Å². The van der Waals surface area contributed by atoms with Crippen LogP contribution in [0.3, 0.4) is 0 Å². The maximum absolute atomic E-state index is 11.5. The molecule has 0 radical (unpaired) electrons. The van der Waals surface area contributed by atoms with Gasteiger partial charge in [0.15, 0.2) is 5.78 Å². The van der Waals surface area contributed by atoms with Crippen LogP contribution in [0.15, 0.2) is 0 Å². The lowest BCUT2D eigenvalue weighted by atomic mass is 10.1. The van der Waals surface area contributed by atoms with E-state index in [4.69, 9.17) is 4.74 Å². The number of carbonyl (C=O) groups is 1. The Hall–Kier alpha value is -1.16. The number of rotatable bonds is 2. The van der Waals surface area contributed by atoms with E-state index in [-0.39, 0.29) is 5.78 Å². The van der Waals surface area contributed by atoms with Crippen LogP contribution in [0, 0.1) is 13.8 Å². The number of hydrogen-bond donors (Lipinski definition) is 0. The zero-order valence-corrected chi connectivity index (χ0v) is 10.1. The van der Waals surface area contributed by atoms with Gasteiger partial charge in [0.05, 0.1) is 17.3 Å². The molecule has 0 aromatic carbocycles. The number of aryl methyl sites for hydroxylation is 1. The normalized spacial score (nSPS) is 17.7. The van der Waals surface area contributed by atoms with Crippen molar-refractivity contribution < 1.29 is 9.53 Å². The second-order valence-electron chi connectivity index (χ2n) is 4.39. The van der Waals surface area contributed by atoms with Crippen molar-refractivity contribution in [2.24, 2.45) is 0 Å². The first-order chi connectivity index (χ1) is 7.61. The van der Waals surface area contributed by atoms with Crippen molar-refractivity contribution >= 4 is 5.78 Å². The second-order valence-corrected chi connectivity index (χ2v) is 4.39. The number of Topliss-reactive ketones (excluding diaryl/α,β-unsaturated/α-hetero) is 1. The van der Waals surface area contributed by atoms with Crippen molar-refractivity contribution in [3.63, 3.8) is 0 Å². The van der Waals surface area contributed by atoms with Crippen LogP contribution >= 0.6 is 0 Å². The molecule has 0 amide bonds. The topological polar surface area (TPSA) is 44.1 Å². The van der Waals surface area contributed by atoms with E-state index in [1.54, 1.807) is 6.92 Å². The fraction of sp³-hybridized carbons (Fsp3) is 0.667. The minimum absolute atomic E-state index is 0.105. The van der Waals surface area contributed by atoms with Gasteiger partial charge in [-0.1, -0.05) is 0 Å². The quantitative estimate of drug-likeness (QED) is 0.719. The van der Waals surface area contributed by atoms with E-state index in [1.807, 2.05) is 18.5 Å². The molecule has 1 aromatic heterocycles. The Balaban J connectivity index is 2.34. The van der Waals surface area contributed by atoms with Crippen molar-refractivity contribution in [3.8, 4) is 0 Å². The predicted molar refractivity (Wildman–Crippen MR) is 60.8 cm³/mol. The molecule has 0 spiro atoms. The predicted octanol–water partition coefficient (Wildman–Crippen LogP) is 2.05. The number of ketones is 1. The standard InChI is InChI=1S/C12H18N2O2/c1-8-12(10(3)15)9(2)14(13-8)11-4-6-16-7-5-11/h11H,4-7H2,1-3H3. The first-order valence-electron chi connectivity index (χ1n) is 5.75. The van der Waals surface area contributed by atoms with E-state index in [0.717, 1.165) is 43.0 Å². The summed E-state index contributed by atoms with van der Waals surface area (Å²) in [7, 11) is 0. The number of aromatic nitrogens is 2. The molecule has 1 aromatic rings. The van der Waals surface area contributed by atoms with E-state index in [2.05, 4.69) is 5.10 Å². The highest BCUT2D eigenvalue weighted by Crippen LogP contribution is 2.24. The molecule has 0 bridgehead atoms. The summed E-state index contributed by atoms with van der Waals surface area (Å²) >= 11 is 0. The van der Waals surface area contributed by atoms with Crippen molar-refractivity contribution in [2.45, 2.75) is 39.7 Å². The summed E-state index contributed by atoms with van der Waals surface area (Å²) in [6, 6.07) is 0.389. The van der Waals surface area contributed by atoms with Gasteiger partial charge in [-0.15, -0.1) is 0 Å². The van der Waals surface area contributed by atoms with Crippen LogP contribution in [0.25, 0.3) is 0 Å². The lowest BCUT2D eigenvalue weighted by Crippen LogP contribution is -2.21. The molecule has 88 valence electrons. The fourth-order valence-corrected chi connectivity index (χ4v) is 2.46. The monoisotopic (exact) mass is 222 g/mol. The molecular formula is C12H18N2O2. The van der Waals surface area contributed by atoms with Crippen molar-refractivity contribution in [3.05, 3.63) is 17.0 Å². The van der Waals surface area contributed by atoms with Gasteiger partial charge in [0.25, 0.3) is 0 Å². The Labute approximate surface area is 95.6 Å². The highest BCUT2D eigenvalue weighted by Gasteiger charge is 2.22. The Morgan fingerprint density at radius 1 is 1.38 bits per heavy atom. The van der Waals surface area contributed by atoms with Crippen LogP contribution in [0.5, 0.6) is 0 Å². The van der Waals surface area contributed by atoms with Gasteiger partial charge in [-0.05, 0) is 33.6 Å². The van der Waals surface area contributed by atoms with E-state index >= 15 is 0 Å². The van der Waals surface area contributed by atoms with Gasteiger partial charge in [-0.2, -0.15) is 5.10 Å². The molecule has 0 saturated carbocycles. The Bertz CT molecular complexity index is 403. The number of ether oxygens (including phenoxy) is 1. The SMILES string of the molecule is CC(=O)c1c(C)nn(C2CCOCC2)c1C. The summed E-state index contributed by atoms with van der Waals surface area (Å²) in [6.45, 7) is 7.06. The summed E-state index contributed by atoms with van der Waals surface area (Å²) in [5, 5.41) is 4.50. The molecule has 1 fully saturated rings. The Morgan fingerprint density at radius 3 is 2.50 bits per heavy atom. The highest BCUT2D eigenvalue weighted by atomic mass is 16.5. The van der Waals surface area contributed by atoms with Gasteiger partial charge in [-0.25, -0.2) is 0 Å². The molecular weight excluding hydrogens is 204 g/mol. The first kappa shape index (κ1) is 11.3. The molecule has 16 heavy (non-hydrogen) atoms. The van der Waals surface area contributed by atoms with Crippen molar-refractivity contribution in [1.29, 1.82) is 0 Å². The van der Waals surface area contributed by atoms with Crippen molar-refractivity contribution in [1.82, 2.24) is 9.78 Å². The lowest BCUT2D eigenvalue weighted by molar-refractivity contribution is 0.0656. The minimum Gasteiger partial charge on any atom is -0.381 e. The van der Waals surface area contributed by atoms with Crippen LogP contribution in [-0.2, 0) is 4.74 Å². The molecule has 4 heteroatoms. The first-order valence-corrected chi connectivity index (χ1v) is 5.75. The molecule has 2 heterocycles. The third-order valence-corrected chi connectivity index (χ3v) is 3.21. The van der Waals surface area contributed by atoms with Gasteiger partial charge in [-0.3, -0.25) is 9.48 Å². The molecule has 0 atom stereocenters. The molecule has 0 N–H and O–H groups in total. The van der Waals surface area contributed by atoms with E-state index in [0.29, 0.717) is 6.04 Å². The molecule has 0 aliphatic carbocycles. The smallest absolute Gasteiger partial charge is 0.163 e. The highest BCUT2D eigenvalue weighted by molar-refractivity contribution is 5.96. The summed E-state index contributed by atoms with van der Waals surface area (Å²) in [5.41, 5.74) is 2.62. The molecule has 4 nitrogen and oxygen atoms in total. The zero-order chi connectivity index (χ0) is 11.7. The van der Waals surface area contributed by atoms with Gasteiger partial charge in [0.1, 0.15) is 0 Å². The van der Waals surface area contributed by atoms with Crippen molar-refractivity contribution in [2.75, 3.05) is 13.2 Å². The zero-order valence-electron chi connectivity index (χ0n) is 10.1. The van der Waals surface area contributed by atoms with Gasteiger partial charge in [0, 0.05) is 18.9 Å². The summed E-state index contributed by atoms with van der Waals surface area (Å²) < 4.78 is 7.35. The number of nitrogens with zero attached hydrogens (tertiary/aromatic N) is 2. The minimum atomic E-state index is 0.105. The van der Waals surface area contributed by atoms with Crippen LogP contribution in [0.2, 0.25) is 0 Å². The lowest BCUT2D eigenvalue weighted by Gasteiger charge is -2.23. The van der Waals surface area contributed by atoms with Crippen LogP contribution in [0.1, 0.15) is 47.6 Å². The van der Waals surface area contributed by atoms with E-state index in [9.17, 15) is 4.79 Å². The summed E-state index contributed by atoms with van der Waals surface area (Å²) in [6.07, 6.45) is 1.97. The van der Waals surface area contributed by atoms with E-state index < -0.39 is 0 Å². The van der Waals surface area contributed by atoms with Gasteiger partial charge >= 0.3 is 0 Å². The van der Waals surface area contributed by atoms with Gasteiger partial charge in [0.2, 0.25) is 0 Å². The van der Waals surface area contributed by atoms with Crippen LogP contribution in [-0.4, -0.2) is 28.8 Å². The molecule has 1 aliphatic rings. The molecule has 2 rings (SSSR count). The maximum Gasteiger partial charge on any atom is 0.163 e. The molecule has 1 saturated heterocycles. The average molecular weight is 222 g/mol. The molecule has 1 aliphatic heterocycles. The number of hydrogen-bond acceptors (Lipinski definition) is 3. The van der Waals surface area contributed by atoms with E-state index in [1.165, 1.54) is 0 Å². The van der Waals surface area contributed by atoms with Crippen LogP contribution < -0.4 is 0 Å². The summed E-state index contributed by atoms with van der Waals surface area (Å²) in [4.78, 5) is 11.5. The molecule has 0 unspecified atom stereocenters. The number of carbonyl (C=O) groups excluding carboxylic acids is 1. The maximum atomic E-state index is 11.5. The Morgan fingerprint density at radius 2 is 2.00 bits per heavy atom. The average Bonchev–Trinajstić information content (AvgIpc) is 2.55. The third-order valence-electron chi connectivity index (χ3n) is 3.21. The third kappa shape index (κ3) is 1.89. The largest absolute Gasteiger partial charge is 0.381 e. The summed E-state index contributed by atoms with van der Waals surface area (Å²) in [5.74, 6) is 0.105.